The summed E-state index contributed by atoms with van der Waals surface area (Å²) in [5, 5.41) is 2.85. The Hall–Kier alpha value is -2.99. The molecule has 0 unspecified atom stereocenters. The Kier molecular flexibility index (Phi) is 5.43. The molecule has 1 amide bonds. The van der Waals surface area contributed by atoms with Gasteiger partial charge in [0.15, 0.2) is 11.5 Å². The van der Waals surface area contributed by atoms with Crippen molar-refractivity contribution in [3.63, 3.8) is 0 Å². The molecule has 1 aliphatic heterocycles. The highest BCUT2D eigenvalue weighted by molar-refractivity contribution is 6.34. The van der Waals surface area contributed by atoms with Crippen molar-refractivity contribution in [3.05, 3.63) is 64.3 Å². The zero-order valence-electron chi connectivity index (χ0n) is 14.0. The fourth-order valence-electron chi connectivity index (χ4n) is 2.36. The molecule has 0 radical (unpaired) electrons. The van der Waals surface area contributed by atoms with Crippen molar-refractivity contribution in [2.45, 2.75) is 6.92 Å². The lowest BCUT2D eigenvalue weighted by molar-refractivity contribution is -0.138. The van der Waals surface area contributed by atoms with E-state index in [1.165, 1.54) is 6.08 Å². The van der Waals surface area contributed by atoms with Crippen LogP contribution in [0.15, 0.2) is 48.2 Å². The number of hydrogen-bond acceptors (Lipinski definition) is 5. The van der Waals surface area contributed by atoms with Crippen molar-refractivity contribution in [2.24, 2.45) is 0 Å². The van der Waals surface area contributed by atoms with Crippen LogP contribution in [-0.4, -0.2) is 25.3 Å². The van der Waals surface area contributed by atoms with E-state index in [2.05, 4.69) is 5.32 Å². The molecule has 3 rings (SSSR count). The predicted octanol–water partition coefficient (Wildman–Crippen LogP) is 3.40. The van der Waals surface area contributed by atoms with Crippen LogP contribution in [0, 0.1) is 0 Å². The number of carbonyl (C=O) groups is 2. The summed E-state index contributed by atoms with van der Waals surface area (Å²) in [4.78, 5) is 24.7. The molecule has 134 valence electrons. The summed E-state index contributed by atoms with van der Waals surface area (Å²) in [7, 11) is 0. The molecule has 0 spiro atoms. The highest BCUT2D eigenvalue weighted by atomic mass is 35.5. The van der Waals surface area contributed by atoms with Crippen molar-refractivity contribution in [3.8, 4) is 11.5 Å². The van der Waals surface area contributed by atoms with Crippen molar-refractivity contribution >= 4 is 29.6 Å². The summed E-state index contributed by atoms with van der Waals surface area (Å²) >= 11 is 6.04. The van der Waals surface area contributed by atoms with Gasteiger partial charge in [0, 0.05) is 0 Å². The first-order valence-corrected chi connectivity index (χ1v) is 8.30. The summed E-state index contributed by atoms with van der Waals surface area (Å²) < 4.78 is 15.6. The highest BCUT2D eigenvalue weighted by Crippen LogP contribution is 2.33. The molecule has 0 saturated heterocycles. The van der Waals surface area contributed by atoms with E-state index in [4.69, 9.17) is 25.8 Å². The summed E-state index contributed by atoms with van der Waals surface area (Å²) in [6.45, 7) is 2.02. The van der Waals surface area contributed by atoms with Crippen LogP contribution >= 0.6 is 11.6 Å². The number of ether oxygens (including phenoxy) is 3. The number of benzene rings is 2. The second-order valence-electron chi connectivity index (χ2n) is 5.33. The van der Waals surface area contributed by atoms with Gasteiger partial charge in [-0.3, -0.25) is 4.79 Å². The SMILES string of the molecule is CCOC(=O)/C(=C/c1ccc2c(c1)OCO2)NC(=O)c1ccccc1Cl. The Labute approximate surface area is 155 Å². The van der Waals surface area contributed by atoms with E-state index in [-0.39, 0.29) is 29.7 Å². The van der Waals surface area contributed by atoms with Gasteiger partial charge >= 0.3 is 5.97 Å². The van der Waals surface area contributed by atoms with E-state index in [0.29, 0.717) is 17.1 Å². The molecular weight excluding hydrogens is 358 g/mol. The van der Waals surface area contributed by atoms with Crippen molar-refractivity contribution in [2.75, 3.05) is 13.4 Å². The van der Waals surface area contributed by atoms with Gasteiger partial charge in [0.1, 0.15) is 5.70 Å². The van der Waals surface area contributed by atoms with Crippen molar-refractivity contribution < 1.29 is 23.8 Å². The van der Waals surface area contributed by atoms with Gasteiger partial charge in [-0.1, -0.05) is 29.8 Å². The Bertz CT molecular complexity index is 878. The van der Waals surface area contributed by atoms with Crippen LogP contribution in [0.1, 0.15) is 22.8 Å². The Morgan fingerprint density at radius 3 is 2.73 bits per heavy atom. The highest BCUT2D eigenvalue weighted by Gasteiger charge is 2.18. The number of hydrogen-bond donors (Lipinski definition) is 1. The maximum Gasteiger partial charge on any atom is 0.354 e. The van der Waals surface area contributed by atoms with Crippen LogP contribution in [0.3, 0.4) is 0 Å². The largest absolute Gasteiger partial charge is 0.461 e. The van der Waals surface area contributed by atoms with Gasteiger partial charge < -0.3 is 19.5 Å². The van der Waals surface area contributed by atoms with Crippen LogP contribution in [0.25, 0.3) is 6.08 Å². The number of rotatable bonds is 5. The quantitative estimate of drug-likeness (QED) is 0.642. The average molecular weight is 374 g/mol. The van der Waals surface area contributed by atoms with Crippen LogP contribution < -0.4 is 14.8 Å². The molecule has 0 atom stereocenters. The third kappa shape index (κ3) is 3.97. The van der Waals surface area contributed by atoms with Gasteiger partial charge in [-0.15, -0.1) is 0 Å². The van der Waals surface area contributed by atoms with Crippen LogP contribution in [0.4, 0.5) is 0 Å². The minimum Gasteiger partial charge on any atom is -0.461 e. The first kappa shape index (κ1) is 17.8. The van der Waals surface area contributed by atoms with Crippen molar-refractivity contribution in [1.82, 2.24) is 5.32 Å². The molecule has 0 saturated carbocycles. The van der Waals surface area contributed by atoms with Gasteiger partial charge in [-0.25, -0.2) is 4.79 Å². The number of halogens is 1. The maximum atomic E-state index is 12.5. The number of amides is 1. The van der Waals surface area contributed by atoms with Gasteiger partial charge in [-0.05, 0) is 42.8 Å². The fourth-order valence-corrected chi connectivity index (χ4v) is 2.58. The molecule has 2 aromatic rings. The van der Waals surface area contributed by atoms with E-state index < -0.39 is 11.9 Å². The molecule has 2 aromatic carbocycles. The van der Waals surface area contributed by atoms with E-state index in [0.717, 1.165) is 0 Å². The lowest BCUT2D eigenvalue weighted by Gasteiger charge is -2.10. The van der Waals surface area contributed by atoms with E-state index in [1.807, 2.05) is 0 Å². The molecule has 0 aliphatic carbocycles. The Balaban J connectivity index is 1.89. The molecule has 0 aromatic heterocycles. The lowest BCUT2D eigenvalue weighted by Crippen LogP contribution is -2.28. The van der Waals surface area contributed by atoms with Crippen LogP contribution in [0.5, 0.6) is 11.5 Å². The molecule has 26 heavy (non-hydrogen) atoms. The van der Waals surface area contributed by atoms with Crippen molar-refractivity contribution in [1.29, 1.82) is 0 Å². The van der Waals surface area contributed by atoms with Crippen LogP contribution in [-0.2, 0) is 9.53 Å². The first-order chi connectivity index (χ1) is 12.6. The number of carbonyl (C=O) groups excluding carboxylic acids is 2. The normalized spacial score (nSPS) is 12.6. The topological polar surface area (TPSA) is 73.9 Å². The second-order valence-corrected chi connectivity index (χ2v) is 5.73. The number of nitrogens with one attached hydrogen (secondary N) is 1. The summed E-state index contributed by atoms with van der Waals surface area (Å²) in [6, 6.07) is 11.8. The zero-order chi connectivity index (χ0) is 18.5. The third-order valence-corrected chi connectivity index (χ3v) is 3.90. The molecule has 0 bridgehead atoms. The smallest absolute Gasteiger partial charge is 0.354 e. The summed E-state index contributed by atoms with van der Waals surface area (Å²) in [6.07, 6.45) is 1.51. The van der Waals surface area contributed by atoms with Gasteiger partial charge in [-0.2, -0.15) is 0 Å². The molecule has 1 N–H and O–H groups in total. The van der Waals surface area contributed by atoms with Gasteiger partial charge in [0.25, 0.3) is 5.91 Å². The Morgan fingerprint density at radius 1 is 1.19 bits per heavy atom. The molecule has 1 aliphatic rings. The van der Waals surface area contributed by atoms with Gasteiger partial charge in [0.2, 0.25) is 6.79 Å². The Morgan fingerprint density at radius 2 is 1.96 bits per heavy atom. The number of fused-ring (bicyclic) bond motifs is 1. The molecule has 7 heteroatoms. The molecule has 0 fully saturated rings. The van der Waals surface area contributed by atoms with E-state index in [1.54, 1.807) is 49.4 Å². The van der Waals surface area contributed by atoms with Gasteiger partial charge in [0.05, 0.1) is 17.2 Å². The monoisotopic (exact) mass is 373 g/mol. The third-order valence-electron chi connectivity index (χ3n) is 3.57. The fraction of sp³-hybridized carbons (Fsp3) is 0.158. The predicted molar refractivity (Wildman–Crippen MR) is 96.1 cm³/mol. The average Bonchev–Trinajstić information content (AvgIpc) is 3.09. The lowest BCUT2D eigenvalue weighted by atomic mass is 10.1. The first-order valence-electron chi connectivity index (χ1n) is 7.93. The second kappa shape index (κ2) is 7.93. The zero-order valence-corrected chi connectivity index (χ0v) is 14.7. The maximum absolute atomic E-state index is 12.5. The minimum absolute atomic E-state index is 0.00404. The number of esters is 1. The molecular formula is C19H16ClNO5. The summed E-state index contributed by atoms with van der Waals surface area (Å²) in [5.41, 5.74) is 0.905. The minimum atomic E-state index is -0.648. The summed E-state index contributed by atoms with van der Waals surface area (Å²) in [5.74, 6) is 0.0422. The standard InChI is InChI=1S/C19H16ClNO5/c1-2-24-19(23)15(21-18(22)13-5-3-4-6-14(13)20)9-12-7-8-16-17(10-12)26-11-25-16/h3-10H,2,11H2,1H3,(H,21,22)/b15-9-. The molecule has 6 nitrogen and oxygen atoms in total. The molecule has 1 heterocycles. The van der Waals surface area contributed by atoms with E-state index in [9.17, 15) is 9.59 Å². The van der Waals surface area contributed by atoms with E-state index >= 15 is 0 Å². The van der Waals surface area contributed by atoms with Crippen LogP contribution in [0.2, 0.25) is 5.02 Å².